The van der Waals surface area contributed by atoms with E-state index < -0.39 is 0 Å². The molecule has 0 amide bonds. The zero-order valence-corrected chi connectivity index (χ0v) is 23.8. The predicted molar refractivity (Wildman–Crippen MR) is 159 cm³/mol. The third kappa shape index (κ3) is 7.61. The summed E-state index contributed by atoms with van der Waals surface area (Å²) in [4.78, 5) is 37.8. The highest BCUT2D eigenvalue weighted by molar-refractivity contribution is 5.76. The molecule has 41 heavy (non-hydrogen) atoms. The second-order valence-corrected chi connectivity index (χ2v) is 10.2. The van der Waals surface area contributed by atoms with E-state index >= 15 is 0 Å². The summed E-state index contributed by atoms with van der Waals surface area (Å²) in [5, 5.41) is 6.66. The first-order chi connectivity index (χ1) is 20.0. The van der Waals surface area contributed by atoms with Gasteiger partial charge in [-0.3, -0.25) is 4.79 Å². The first kappa shape index (κ1) is 28.1. The molecule has 3 aromatic heterocycles. The van der Waals surface area contributed by atoms with Crippen LogP contribution < -0.4 is 15.5 Å². The molecule has 4 aromatic rings. The number of hydrogen-bond acceptors (Lipinski definition) is 10. The summed E-state index contributed by atoms with van der Waals surface area (Å²) < 4.78 is 5.60. The lowest BCUT2D eigenvalue weighted by atomic mass is 10.0. The highest BCUT2D eigenvalue weighted by Gasteiger charge is 2.18. The maximum atomic E-state index is 12.7. The van der Waals surface area contributed by atoms with Crippen molar-refractivity contribution in [1.29, 1.82) is 0 Å². The van der Waals surface area contributed by atoms with Crippen molar-refractivity contribution in [2.24, 2.45) is 0 Å². The van der Waals surface area contributed by atoms with Crippen molar-refractivity contribution in [1.82, 2.24) is 30.2 Å². The molecule has 0 radical (unpaired) electrons. The average molecular weight is 553 g/mol. The smallest absolute Gasteiger partial charge is 0.310 e. The van der Waals surface area contributed by atoms with Crippen LogP contribution in [0.4, 0.5) is 17.3 Å². The van der Waals surface area contributed by atoms with Crippen molar-refractivity contribution in [3.63, 3.8) is 0 Å². The molecule has 0 unspecified atom stereocenters. The molecule has 0 bridgehead atoms. The van der Waals surface area contributed by atoms with Crippen LogP contribution in [0.15, 0.2) is 60.9 Å². The lowest BCUT2D eigenvalue weighted by Gasteiger charge is -2.31. The van der Waals surface area contributed by atoms with Gasteiger partial charge in [0.15, 0.2) is 5.82 Å². The van der Waals surface area contributed by atoms with Gasteiger partial charge in [0.2, 0.25) is 0 Å². The quantitative estimate of drug-likeness (QED) is 0.276. The van der Waals surface area contributed by atoms with Crippen LogP contribution in [0.3, 0.4) is 0 Å². The fourth-order valence-corrected chi connectivity index (χ4v) is 4.70. The van der Waals surface area contributed by atoms with Crippen LogP contribution in [0.1, 0.15) is 42.9 Å². The standard InChI is InChI=1S/C31H36N8O2/c1-4-22(3)41-30(40)20-24-18-23(8-9-26(24)39-16-14-32-15-17-39)19-29-33-12-10-27(37-29)36-28-11-13-34-31(38-28)25-7-5-6-21(2)35-25/h5-13,18,22,32H,4,14-17,19-20H2,1-3H3,(H,33,34,36,37,38)/t22-/m0/s1. The summed E-state index contributed by atoms with van der Waals surface area (Å²) in [5.41, 5.74) is 4.69. The molecule has 10 heteroatoms. The number of anilines is 3. The Kier molecular flexibility index (Phi) is 9.10. The molecular weight excluding hydrogens is 516 g/mol. The first-order valence-corrected chi connectivity index (χ1v) is 14.1. The number of pyridine rings is 1. The molecule has 1 fully saturated rings. The zero-order valence-electron chi connectivity index (χ0n) is 23.8. The van der Waals surface area contributed by atoms with Crippen LogP contribution in [0, 0.1) is 6.92 Å². The van der Waals surface area contributed by atoms with Gasteiger partial charge >= 0.3 is 5.97 Å². The van der Waals surface area contributed by atoms with E-state index in [0.29, 0.717) is 35.4 Å². The highest BCUT2D eigenvalue weighted by Crippen LogP contribution is 2.25. The van der Waals surface area contributed by atoms with E-state index in [0.717, 1.165) is 55.1 Å². The molecule has 1 aromatic carbocycles. The first-order valence-electron chi connectivity index (χ1n) is 14.1. The molecule has 10 nitrogen and oxygen atoms in total. The highest BCUT2D eigenvalue weighted by atomic mass is 16.5. The zero-order chi connectivity index (χ0) is 28.6. The van der Waals surface area contributed by atoms with Gasteiger partial charge < -0.3 is 20.3 Å². The van der Waals surface area contributed by atoms with Crippen molar-refractivity contribution >= 4 is 23.3 Å². The minimum Gasteiger partial charge on any atom is -0.462 e. The van der Waals surface area contributed by atoms with Crippen LogP contribution in [-0.2, 0) is 22.4 Å². The van der Waals surface area contributed by atoms with Crippen LogP contribution in [-0.4, -0.2) is 63.2 Å². The summed E-state index contributed by atoms with van der Waals surface area (Å²) in [7, 11) is 0. The van der Waals surface area contributed by atoms with Crippen LogP contribution >= 0.6 is 0 Å². The second-order valence-electron chi connectivity index (χ2n) is 10.2. The molecule has 1 aliphatic rings. The number of aryl methyl sites for hydroxylation is 1. The van der Waals surface area contributed by atoms with Crippen LogP contribution in [0.2, 0.25) is 0 Å². The lowest BCUT2D eigenvalue weighted by molar-refractivity contribution is -0.147. The van der Waals surface area contributed by atoms with Crippen LogP contribution in [0.25, 0.3) is 11.5 Å². The molecular formula is C31H36N8O2. The van der Waals surface area contributed by atoms with E-state index in [2.05, 4.69) is 53.7 Å². The number of benzene rings is 1. The lowest BCUT2D eigenvalue weighted by Crippen LogP contribution is -2.44. The van der Waals surface area contributed by atoms with Gasteiger partial charge in [0.05, 0.1) is 12.5 Å². The fraction of sp³-hybridized carbons (Fsp3) is 0.355. The van der Waals surface area contributed by atoms with Crippen molar-refractivity contribution < 1.29 is 9.53 Å². The fourth-order valence-electron chi connectivity index (χ4n) is 4.70. The molecule has 0 spiro atoms. The van der Waals surface area contributed by atoms with Gasteiger partial charge in [-0.05, 0) is 61.7 Å². The largest absolute Gasteiger partial charge is 0.462 e. The maximum absolute atomic E-state index is 12.7. The number of piperazine rings is 1. The number of nitrogens with zero attached hydrogens (tertiary/aromatic N) is 6. The number of ether oxygens (including phenoxy) is 1. The minimum absolute atomic E-state index is 0.101. The van der Waals surface area contributed by atoms with Crippen molar-refractivity contribution in [2.45, 2.75) is 46.1 Å². The second kappa shape index (κ2) is 13.3. The van der Waals surface area contributed by atoms with E-state index in [9.17, 15) is 4.79 Å². The summed E-state index contributed by atoms with van der Waals surface area (Å²) in [6, 6.07) is 15.7. The van der Waals surface area contributed by atoms with E-state index in [4.69, 9.17) is 9.72 Å². The third-order valence-electron chi connectivity index (χ3n) is 6.94. The summed E-state index contributed by atoms with van der Waals surface area (Å²) in [6.07, 6.45) is 4.87. The van der Waals surface area contributed by atoms with Gasteiger partial charge in [-0.2, -0.15) is 0 Å². The molecule has 1 saturated heterocycles. The van der Waals surface area contributed by atoms with Gasteiger partial charge in [-0.25, -0.2) is 24.9 Å². The molecule has 4 heterocycles. The third-order valence-corrected chi connectivity index (χ3v) is 6.94. The molecule has 1 atom stereocenters. The summed E-state index contributed by atoms with van der Waals surface area (Å²) in [5.74, 6) is 2.24. The van der Waals surface area contributed by atoms with Crippen LogP contribution in [0.5, 0.6) is 0 Å². The van der Waals surface area contributed by atoms with E-state index in [1.54, 1.807) is 24.5 Å². The van der Waals surface area contributed by atoms with Gasteiger partial charge in [0.1, 0.15) is 23.2 Å². The number of nitrogens with one attached hydrogen (secondary N) is 2. The Labute approximate surface area is 240 Å². The van der Waals surface area contributed by atoms with Gasteiger partial charge in [-0.1, -0.05) is 25.1 Å². The monoisotopic (exact) mass is 552 g/mol. The summed E-state index contributed by atoms with van der Waals surface area (Å²) in [6.45, 7) is 9.50. The SMILES string of the molecule is CC[C@H](C)OC(=O)Cc1cc(Cc2nccc(Nc3ccnc(-c4cccc(C)n4)n3)n2)ccc1N1CCNCC1. The Morgan fingerprint density at radius 3 is 2.59 bits per heavy atom. The van der Waals surface area contributed by atoms with Crippen molar-refractivity contribution in [2.75, 3.05) is 36.4 Å². The molecule has 212 valence electrons. The molecule has 5 rings (SSSR count). The Morgan fingerprint density at radius 2 is 1.80 bits per heavy atom. The predicted octanol–water partition coefficient (Wildman–Crippen LogP) is 4.27. The number of carbonyl (C=O) groups is 1. The van der Waals surface area contributed by atoms with Crippen molar-refractivity contribution in [3.05, 3.63) is 83.6 Å². The number of hydrogen-bond donors (Lipinski definition) is 2. The van der Waals surface area contributed by atoms with Gasteiger partial charge in [0.25, 0.3) is 0 Å². The van der Waals surface area contributed by atoms with E-state index in [1.165, 1.54) is 0 Å². The van der Waals surface area contributed by atoms with Crippen molar-refractivity contribution in [3.8, 4) is 11.5 Å². The number of rotatable bonds is 10. The molecule has 1 aliphatic heterocycles. The number of aromatic nitrogens is 5. The molecule has 0 aliphatic carbocycles. The number of esters is 1. The molecule has 0 saturated carbocycles. The Hall–Kier alpha value is -4.44. The topological polar surface area (TPSA) is 118 Å². The maximum Gasteiger partial charge on any atom is 0.310 e. The Balaban J connectivity index is 1.33. The van der Waals surface area contributed by atoms with E-state index in [1.807, 2.05) is 39.0 Å². The van der Waals surface area contributed by atoms with E-state index in [-0.39, 0.29) is 18.5 Å². The Morgan fingerprint density at radius 1 is 1.02 bits per heavy atom. The van der Waals surface area contributed by atoms with Gasteiger partial charge in [-0.15, -0.1) is 0 Å². The summed E-state index contributed by atoms with van der Waals surface area (Å²) >= 11 is 0. The normalized spacial score (nSPS) is 14.0. The average Bonchev–Trinajstić information content (AvgIpc) is 2.98. The Bertz CT molecular complexity index is 1490. The minimum atomic E-state index is -0.208. The van der Waals surface area contributed by atoms with Gasteiger partial charge in [0, 0.05) is 56.4 Å². The molecule has 2 N–H and O–H groups in total. The number of carbonyl (C=O) groups excluding carboxylic acids is 1.